The van der Waals surface area contributed by atoms with Crippen molar-refractivity contribution in [1.82, 2.24) is 4.98 Å². The molecular formula is C17H21N. The molecule has 18 heavy (non-hydrogen) atoms. The zero-order chi connectivity index (χ0) is 12.8. The molecule has 1 aromatic carbocycles. The van der Waals surface area contributed by atoms with Crippen molar-refractivity contribution in [3.63, 3.8) is 0 Å². The number of hydrogen-bond acceptors (Lipinski definition) is 1. The molecule has 2 aromatic rings. The minimum absolute atomic E-state index is 0.703. The van der Waals surface area contributed by atoms with Gasteiger partial charge in [-0.25, -0.2) is 0 Å². The molecule has 0 spiro atoms. The monoisotopic (exact) mass is 239 g/mol. The molecule has 0 saturated heterocycles. The Labute approximate surface area is 110 Å². The van der Waals surface area contributed by atoms with Crippen molar-refractivity contribution in [1.29, 1.82) is 0 Å². The first kappa shape index (κ1) is 12.8. The third kappa shape index (κ3) is 3.19. The van der Waals surface area contributed by atoms with Crippen LogP contribution >= 0.6 is 0 Å². The van der Waals surface area contributed by atoms with Crippen LogP contribution in [0.2, 0.25) is 0 Å². The van der Waals surface area contributed by atoms with Crippen LogP contribution in [-0.2, 0) is 6.42 Å². The Morgan fingerprint density at radius 3 is 2.22 bits per heavy atom. The molecular weight excluding hydrogens is 218 g/mol. The number of rotatable bonds is 5. The van der Waals surface area contributed by atoms with Crippen molar-refractivity contribution in [2.75, 3.05) is 0 Å². The van der Waals surface area contributed by atoms with Gasteiger partial charge in [-0.05, 0) is 42.0 Å². The Morgan fingerprint density at radius 1 is 0.944 bits per heavy atom. The van der Waals surface area contributed by atoms with Gasteiger partial charge in [-0.15, -0.1) is 0 Å². The number of hydrogen-bond donors (Lipinski definition) is 0. The van der Waals surface area contributed by atoms with E-state index < -0.39 is 0 Å². The van der Waals surface area contributed by atoms with E-state index in [9.17, 15) is 0 Å². The van der Waals surface area contributed by atoms with Gasteiger partial charge in [0.05, 0.1) is 0 Å². The minimum atomic E-state index is 0.703. The van der Waals surface area contributed by atoms with Crippen molar-refractivity contribution < 1.29 is 0 Å². The quantitative estimate of drug-likeness (QED) is 0.744. The normalized spacial score (nSPS) is 10.8. The number of nitrogens with zero attached hydrogens (tertiary/aromatic N) is 1. The molecule has 0 radical (unpaired) electrons. The van der Waals surface area contributed by atoms with Gasteiger partial charge in [-0.3, -0.25) is 4.98 Å². The van der Waals surface area contributed by atoms with E-state index in [0.717, 1.165) is 12.1 Å². The lowest BCUT2D eigenvalue weighted by Gasteiger charge is -2.13. The van der Waals surface area contributed by atoms with Gasteiger partial charge < -0.3 is 0 Å². The molecule has 94 valence electrons. The zero-order valence-corrected chi connectivity index (χ0v) is 11.3. The first-order valence-corrected chi connectivity index (χ1v) is 6.82. The van der Waals surface area contributed by atoms with Gasteiger partial charge in [0.25, 0.3) is 0 Å². The highest BCUT2D eigenvalue weighted by Crippen LogP contribution is 2.23. The first-order valence-electron chi connectivity index (χ1n) is 6.82. The lowest BCUT2D eigenvalue weighted by Crippen LogP contribution is -1.96. The number of aromatic nitrogens is 1. The van der Waals surface area contributed by atoms with Gasteiger partial charge in [0.1, 0.15) is 0 Å². The molecule has 0 aliphatic rings. The second kappa shape index (κ2) is 6.34. The van der Waals surface area contributed by atoms with Crippen molar-refractivity contribution >= 4 is 0 Å². The Balaban J connectivity index is 2.08. The van der Waals surface area contributed by atoms with Gasteiger partial charge in [0.2, 0.25) is 0 Å². The summed E-state index contributed by atoms with van der Waals surface area (Å²) in [6, 6.07) is 15.1. The van der Waals surface area contributed by atoms with E-state index >= 15 is 0 Å². The van der Waals surface area contributed by atoms with Gasteiger partial charge in [0, 0.05) is 18.3 Å². The van der Waals surface area contributed by atoms with Crippen LogP contribution in [0.25, 0.3) is 0 Å². The number of pyridine rings is 1. The Hall–Kier alpha value is -1.63. The van der Waals surface area contributed by atoms with Gasteiger partial charge in [-0.2, -0.15) is 0 Å². The minimum Gasteiger partial charge on any atom is -0.261 e. The van der Waals surface area contributed by atoms with Crippen LogP contribution in [0.15, 0.2) is 48.7 Å². The van der Waals surface area contributed by atoms with Crippen LogP contribution in [0.4, 0.5) is 0 Å². The van der Waals surface area contributed by atoms with E-state index in [1.54, 1.807) is 0 Å². The number of benzene rings is 1. The van der Waals surface area contributed by atoms with Gasteiger partial charge in [0.15, 0.2) is 0 Å². The summed E-state index contributed by atoms with van der Waals surface area (Å²) in [5.41, 5.74) is 3.93. The van der Waals surface area contributed by atoms with E-state index in [1.807, 2.05) is 18.3 Å². The Kier molecular flexibility index (Phi) is 4.52. The molecule has 2 rings (SSSR count). The lowest BCUT2D eigenvalue weighted by atomic mass is 9.93. The molecule has 0 aliphatic carbocycles. The highest BCUT2D eigenvalue weighted by Gasteiger charge is 2.06. The fourth-order valence-electron chi connectivity index (χ4n) is 2.38. The molecule has 1 aromatic heterocycles. The molecule has 0 unspecified atom stereocenters. The molecule has 0 saturated carbocycles. The molecule has 0 amide bonds. The van der Waals surface area contributed by atoms with E-state index in [1.165, 1.54) is 24.0 Å². The maximum absolute atomic E-state index is 4.36. The molecule has 1 nitrogen and oxygen atoms in total. The summed E-state index contributed by atoms with van der Waals surface area (Å²) in [4.78, 5) is 4.36. The molecule has 0 aliphatic heterocycles. The standard InChI is InChI=1S/C17H21N/c1-3-15(4-2)16-10-8-14(9-11-16)13-17-7-5-6-12-18-17/h5-12,15H,3-4,13H2,1-2H3. The van der Waals surface area contributed by atoms with E-state index in [-0.39, 0.29) is 0 Å². The average Bonchev–Trinajstić information content (AvgIpc) is 2.43. The van der Waals surface area contributed by atoms with Crippen LogP contribution in [0, 0.1) is 0 Å². The summed E-state index contributed by atoms with van der Waals surface area (Å²) in [7, 11) is 0. The SMILES string of the molecule is CCC(CC)c1ccc(Cc2ccccn2)cc1. The largest absolute Gasteiger partial charge is 0.261 e. The smallest absolute Gasteiger partial charge is 0.0447 e. The van der Waals surface area contributed by atoms with Crippen molar-refractivity contribution in [3.8, 4) is 0 Å². The summed E-state index contributed by atoms with van der Waals surface area (Å²) in [5, 5.41) is 0. The van der Waals surface area contributed by atoms with Crippen LogP contribution in [0.1, 0.15) is 49.4 Å². The highest BCUT2D eigenvalue weighted by atomic mass is 14.7. The molecule has 1 heterocycles. The second-order valence-electron chi connectivity index (χ2n) is 4.75. The fourth-order valence-corrected chi connectivity index (χ4v) is 2.38. The molecule has 0 bridgehead atoms. The summed E-state index contributed by atoms with van der Waals surface area (Å²) in [6.07, 6.45) is 5.21. The second-order valence-corrected chi connectivity index (χ2v) is 4.75. The maximum atomic E-state index is 4.36. The third-order valence-corrected chi connectivity index (χ3v) is 3.55. The maximum Gasteiger partial charge on any atom is 0.0447 e. The third-order valence-electron chi connectivity index (χ3n) is 3.55. The van der Waals surface area contributed by atoms with Gasteiger partial charge >= 0.3 is 0 Å². The van der Waals surface area contributed by atoms with Gasteiger partial charge in [-0.1, -0.05) is 44.2 Å². The van der Waals surface area contributed by atoms with Crippen molar-refractivity contribution in [2.24, 2.45) is 0 Å². The molecule has 0 N–H and O–H groups in total. The predicted molar refractivity (Wildman–Crippen MR) is 76.8 cm³/mol. The highest BCUT2D eigenvalue weighted by molar-refractivity contribution is 5.28. The fraction of sp³-hybridized carbons (Fsp3) is 0.353. The summed E-state index contributed by atoms with van der Waals surface area (Å²) >= 11 is 0. The van der Waals surface area contributed by atoms with Crippen molar-refractivity contribution in [2.45, 2.75) is 39.0 Å². The van der Waals surface area contributed by atoms with E-state index in [0.29, 0.717) is 5.92 Å². The predicted octanol–water partition coefficient (Wildman–Crippen LogP) is 4.58. The van der Waals surface area contributed by atoms with Crippen LogP contribution < -0.4 is 0 Å². The lowest BCUT2D eigenvalue weighted by molar-refractivity contribution is 0.641. The Bertz CT molecular complexity index is 455. The molecule has 0 fully saturated rings. The van der Waals surface area contributed by atoms with E-state index in [4.69, 9.17) is 0 Å². The van der Waals surface area contributed by atoms with E-state index in [2.05, 4.69) is 49.2 Å². The average molecular weight is 239 g/mol. The van der Waals surface area contributed by atoms with Crippen LogP contribution in [0.3, 0.4) is 0 Å². The van der Waals surface area contributed by atoms with Crippen LogP contribution in [0.5, 0.6) is 0 Å². The summed E-state index contributed by atoms with van der Waals surface area (Å²) < 4.78 is 0. The molecule has 0 atom stereocenters. The van der Waals surface area contributed by atoms with Crippen LogP contribution in [-0.4, -0.2) is 4.98 Å². The summed E-state index contributed by atoms with van der Waals surface area (Å²) in [6.45, 7) is 4.52. The topological polar surface area (TPSA) is 12.9 Å². The zero-order valence-electron chi connectivity index (χ0n) is 11.3. The first-order chi connectivity index (χ1) is 8.83. The Morgan fingerprint density at radius 2 is 1.67 bits per heavy atom. The molecule has 1 heteroatoms. The van der Waals surface area contributed by atoms with Crippen molar-refractivity contribution in [3.05, 3.63) is 65.5 Å². The summed E-state index contributed by atoms with van der Waals surface area (Å²) in [5.74, 6) is 0.703.